The third-order valence-electron chi connectivity index (χ3n) is 4.72. The van der Waals surface area contributed by atoms with E-state index in [9.17, 15) is 14.7 Å². The Labute approximate surface area is 173 Å². The van der Waals surface area contributed by atoms with Crippen molar-refractivity contribution in [1.29, 1.82) is 0 Å². The highest BCUT2D eigenvalue weighted by Crippen LogP contribution is 2.37. The molecular weight excluding hydrogens is 394 g/mol. The second kappa shape index (κ2) is 8.01. The van der Waals surface area contributed by atoms with E-state index in [0.29, 0.717) is 22.0 Å². The van der Waals surface area contributed by atoms with Crippen LogP contribution in [-0.2, 0) is 14.3 Å². The zero-order chi connectivity index (χ0) is 21.3. The fourth-order valence-electron chi connectivity index (χ4n) is 3.16. The van der Waals surface area contributed by atoms with Gasteiger partial charge in [-0.3, -0.25) is 9.69 Å². The van der Waals surface area contributed by atoms with Crippen molar-refractivity contribution in [3.8, 4) is 11.5 Å². The predicted octanol–water partition coefficient (Wildman–Crippen LogP) is 4.24. The number of aromatic hydroxyl groups is 1. The van der Waals surface area contributed by atoms with Crippen molar-refractivity contribution in [3.63, 3.8) is 0 Å². The second-order valence-electron chi connectivity index (χ2n) is 6.52. The number of nitrogens with zero attached hydrogens (tertiary/aromatic N) is 1. The lowest BCUT2D eigenvalue weighted by Crippen LogP contribution is -2.24. The molecule has 0 atom stereocenters. The normalized spacial score (nSPS) is 15.3. The number of aryl methyl sites for hydroxylation is 1. The molecule has 7 heteroatoms. The van der Waals surface area contributed by atoms with Crippen LogP contribution < -0.4 is 9.64 Å². The molecule has 6 nitrogen and oxygen atoms in total. The van der Waals surface area contributed by atoms with Crippen LogP contribution in [0, 0.1) is 6.92 Å². The quantitative estimate of drug-likeness (QED) is 0.599. The van der Waals surface area contributed by atoms with Crippen molar-refractivity contribution in [3.05, 3.63) is 69.4 Å². The minimum Gasteiger partial charge on any atom is -0.504 e. The van der Waals surface area contributed by atoms with Crippen molar-refractivity contribution < 1.29 is 24.2 Å². The first-order valence-electron chi connectivity index (χ1n) is 8.77. The fraction of sp³-hybridized carbons (Fsp3) is 0.182. The summed E-state index contributed by atoms with van der Waals surface area (Å²) in [6, 6.07) is 9.90. The van der Waals surface area contributed by atoms with Gasteiger partial charge >= 0.3 is 5.97 Å². The number of benzene rings is 2. The molecule has 29 heavy (non-hydrogen) atoms. The zero-order valence-electron chi connectivity index (χ0n) is 16.4. The largest absolute Gasteiger partial charge is 0.504 e. The van der Waals surface area contributed by atoms with Gasteiger partial charge in [-0.15, -0.1) is 0 Å². The van der Waals surface area contributed by atoms with E-state index in [4.69, 9.17) is 21.1 Å². The number of rotatable bonds is 4. The van der Waals surface area contributed by atoms with Crippen LogP contribution in [0.1, 0.15) is 18.1 Å². The number of hydrogen-bond acceptors (Lipinski definition) is 5. The molecule has 2 aromatic carbocycles. The molecule has 0 spiro atoms. The molecule has 150 valence electrons. The number of anilines is 1. The van der Waals surface area contributed by atoms with Gasteiger partial charge in [0, 0.05) is 10.7 Å². The highest BCUT2D eigenvalue weighted by Gasteiger charge is 2.38. The summed E-state index contributed by atoms with van der Waals surface area (Å²) in [6.07, 6.45) is 1.57. The first-order chi connectivity index (χ1) is 13.8. The summed E-state index contributed by atoms with van der Waals surface area (Å²) in [6.45, 7) is 3.54. The third kappa shape index (κ3) is 3.71. The number of carbonyl (C=O) groups is 2. The van der Waals surface area contributed by atoms with Crippen molar-refractivity contribution in [1.82, 2.24) is 0 Å². The number of carbonyl (C=O) groups excluding carboxylic acids is 2. The molecule has 0 unspecified atom stereocenters. The van der Waals surface area contributed by atoms with E-state index in [0.717, 1.165) is 5.56 Å². The molecule has 0 saturated carbocycles. The summed E-state index contributed by atoms with van der Waals surface area (Å²) >= 11 is 6.23. The molecule has 0 fully saturated rings. The van der Waals surface area contributed by atoms with Crippen LogP contribution in [0.5, 0.6) is 11.5 Å². The van der Waals surface area contributed by atoms with Crippen LogP contribution >= 0.6 is 11.6 Å². The maximum Gasteiger partial charge on any atom is 0.340 e. The number of allylic oxidation sites excluding steroid dienone is 1. The van der Waals surface area contributed by atoms with Crippen LogP contribution in [-0.4, -0.2) is 31.2 Å². The van der Waals surface area contributed by atoms with Gasteiger partial charge in [-0.05, 0) is 55.3 Å². The molecule has 0 saturated heterocycles. The van der Waals surface area contributed by atoms with E-state index in [1.807, 2.05) is 13.0 Å². The van der Waals surface area contributed by atoms with Gasteiger partial charge in [0.15, 0.2) is 11.5 Å². The van der Waals surface area contributed by atoms with E-state index in [-0.39, 0.29) is 28.6 Å². The van der Waals surface area contributed by atoms with E-state index in [1.54, 1.807) is 37.3 Å². The maximum atomic E-state index is 13.3. The summed E-state index contributed by atoms with van der Waals surface area (Å²) in [7, 11) is 2.69. The molecule has 3 rings (SSSR count). The molecule has 1 heterocycles. The zero-order valence-corrected chi connectivity index (χ0v) is 17.2. The SMILES string of the molecule is COC(=O)C1=C(C)N(c2ccc(C)c(Cl)c2)C(=O)/C1=C\c1ccc(O)c(OC)c1. The lowest BCUT2D eigenvalue weighted by molar-refractivity contribution is -0.136. The highest BCUT2D eigenvalue weighted by molar-refractivity contribution is 6.32. The van der Waals surface area contributed by atoms with E-state index in [2.05, 4.69) is 0 Å². The molecule has 0 aromatic heterocycles. The van der Waals surface area contributed by atoms with Crippen LogP contribution in [0.15, 0.2) is 53.2 Å². The Bertz CT molecular complexity index is 1070. The number of phenolic OH excluding ortho intramolecular Hbond substituents is 1. The first-order valence-corrected chi connectivity index (χ1v) is 9.15. The Hall–Kier alpha value is -3.25. The molecule has 1 amide bonds. The van der Waals surface area contributed by atoms with Crippen molar-refractivity contribution in [2.45, 2.75) is 13.8 Å². The first kappa shape index (κ1) is 20.5. The third-order valence-corrected chi connectivity index (χ3v) is 5.13. The van der Waals surface area contributed by atoms with Gasteiger partial charge in [0.1, 0.15) is 0 Å². The van der Waals surface area contributed by atoms with Crippen LogP contribution in [0.25, 0.3) is 6.08 Å². The number of hydrogen-bond donors (Lipinski definition) is 1. The van der Waals surface area contributed by atoms with Gasteiger partial charge in [0.2, 0.25) is 0 Å². The Morgan fingerprint density at radius 2 is 1.86 bits per heavy atom. The Balaban J connectivity index is 2.15. The topological polar surface area (TPSA) is 76.1 Å². The van der Waals surface area contributed by atoms with Crippen molar-refractivity contribution in [2.24, 2.45) is 0 Å². The molecule has 0 bridgehead atoms. The molecule has 1 N–H and O–H groups in total. The number of halogens is 1. The molecule has 1 aliphatic rings. The monoisotopic (exact) mass is 413 g/mol. The van der Waals surface area contributed by atoms with Crippen molar-refractivity contribution >= 4 is 35.2 Å². The van der Waals surface area contributed by atoms with Gasteiger partial charge in [-0.1, -0.05) is 23.7 Å². The lowest BCUT2D eigenvalue weighted by atomic mass is 10.0. The smallest absolute Gasteiger partial charge is 0.340 e. The van der Waals surface area contributed by atoms with Gasteiger partial charge in [0.25, 0.3) is 5.91 Å². The average molecular weight is 414 g/mol. The summed E-state index contributed by atoms with van der Waals surface area (Å²) in [4.78, 5) is 27.1. The standard InChI is InChI=1S/C22H20ClNO5/c1-12-5-7-15(11-17(12)23)24-13(2)20(22(27)29-4)16(21(24)26)9-14-6-8-18(25)19(10-14)28-3/h5-11,25H,1-4H3/b16-9-. The number of esters is 1. The number of methoxy groups -OCH3 is 2. The maximum absolute atomic E-state index is 13.3. The Morgan fingerprint density at radius 3 is 2.48 bits per heavy atom. The van der Waals surface area contributed by atoms with Crippen LogP contribution in [0.3, 0.4) is 0 Å². The minimum atomic E-state index is -0.617. The van der Waals surface area contributed by atoms with E-state index >= 15 is 0 Å². The van der Waals surface area contributed by atoms with Crippen LogP contribution in [0.2, 0.25) is 5.02 Å². The predicted molar refractivity (Wildman–Crippen MR) is 111 cm³/mol. The van der Waals surface area contributed by atoms with Gasteiger partial charge in [-0.25, -0.2) is 4.79 Å². The van der Waals surface area contributed by atoms with Gasteiger partial charge < -0.3 is 14.6 Å². The van der Waals surface area contributed by atoms with Crippen LogP contribution in [0.4, 0.5) is 5.69 Å². The van der Waals surface area contributed by atoms with Gasteiger partial charge in [0.05, 0.1) is 31.1 Å². The molecule has 0 aliphatic carbocycles. The summed E-state index contributed by atoms with van der Waals surface area (Å²) in [5.74, 6) is -0.765. The number of amides is 1. The summed E-state index contributed by atoms with van der Waals surface area (Å²) < 4.78 is 10.0. The van der Waals surface area contributed by atoms with Crippen molar-refractivity contribution in [2.75, 3.05) is 19.1 Å². The number of ether oxygens (including phenoxy) is 2. The second-order valence-corrected chi connectivity index (χ2v) is 6.92. The minimum absolute atomic E-state index is 0.0248. The highest BCUT2D eigenvalue weighted by atomic mass is 35.5. The van der Waals surface area contributed by atoms with Gasteiger partial charge in [-0.2, -0.15) is 0 Å². The Kier molecular flexibility index (Phi) is 5.66. The molecular formula is C22H20ClNO5. The van der Waals surface area contributed by atoms with E-state index in [1.165, 1.54) is 25.2 Å². The average Bonchev–Trinajstić information content (AvgIpc) is 2.94. The summed E-state index contributed by atoms with van der Waals surface area (Å²) in [5, 5.41) is 10.3. The Morgan fingerprint density at radius 1 is 1.14 bits per heavy atom. The fourth-order valence-corrected chi connectivity index (χ4v) is 3.34. The molecule has 1 aliphatic heterocycles. The number of phenols is 1. The van der Waals surface area contributed by atoms with E-state index < -0.39 is 5.97 Å². The lowest BCUT2D eigenvalue weighted by Gasteiger charge is -2.18. The molecule has 0 radical (unpaired) electrons. The summed E-state index contributed by atoms with van der Waals surface area (Å²) in [5.41, 5.74) is 2.81. The molecule has 2 aromatic rings.